The van der Waals surface area contributed by atoms with Crippen LogP contribution in [0.25, 0.3) is 0 Å². The fraction of sp³-hybridized carbons (Fsp3) is 0.647. The highest BCUT2D eigenvalue weighted by molar-refractivity contribution is 8.00. The molecule has 1 aromatic rings. The van der Waals surface area contributed by atoms with E-state index >= 15 is 0 Å². The predicted molar refractivity (Wildman–Crippen MR) is 86.9 cm³/mol. The zero-order valence-corrected chi connectivity index (χ0v) is 13.1. The van der Waals surface area contributed by atoms with Gasteiger partial charge in [-0.3, -0.25) is 0 Å². The van der Waals surface area contributed by atoms with E-state index in [2.05, 4.69) is 60.6 Å². The third-order valence-corrected chi connectivity index (χ3v) is 5.85. The molecule has 0 aliphatic heterocycles. The lowest BCUT2D eigenvalue weighted by molar-refractivity contribution is 0.458. The first kappa shape index (κ1) is 14.9. The van der Waals surface area contributed by atoms with Gasteiger partial charge in [0.05, 0.1) is 0 Å². The molecule has 2 heteroatoms. The van der Waals surface area contributed by atoms with Gasteiger partial charge in [0, 0.05) is 17.3 Å². The van der Waals surface area contributed by atoms with Gasteiger partial charge in [0.15, 0.2) is 0 Å². The van der Waals surface area contributed by atoms with Gasteiger partial charge in [0.2, 0.25) is 0 Å². The SMILES string of the molecule is CSC1(CNC(C)CCc2ccccc2)CCCC1. The Morgan fingerprint density at radius 3 is 2.53 bits per heavy atom. The monoisotopic (exact) mass is 277 g/mol. The Morgan fingerprint density at radius 2 is 1.89 bits per heavy atom. The van der Waals surface area contributed by atoms with Gasteiger partial charge in [-0.2, -0.15) is 11.8 Å². The maximum atomic E-state index is 3.77. The van der Waals surface area contributed by atoms with Crippen LogP contribution < -0.4 is 5.32 Å². The Balaban J connectivity index is 1.71. The van der Waals surface area contributed by atoms with Crippen molar-refractivity contribution in [3.63, 3.8) is 0 Å². The molecule has 1 aliphatic carbocycles. The first-order valence-corrected chi connectivity index (χ1v) is 8.79. The second-order valence-electron chi connectivity index (χ2n) is 5.90. The molecule has 0 spiro atoms. The van der Waals surface area contributed by atoms with E-state index in [-0.39, 0.29) is 0 Å². The van der Waals surface area contributed by atoms with Crippen LogP contribution in [-0.4, -0.2) is 23.6 Å². The standard InChI is InChI=1S/C17H27NS/c1-15(10-11-16-8-4-3-5-9-16)18-14-17(19-2)12-6-7-13-17/h3-5,8-9,15,18H,6-7,10-14H2,1-2H3. The molecule has 1 saturated carbocycles. The lowest BCUT2D eigenvalue weighted by atomic mass is 10.0. The summed E-state index contributed by atoms with van der Waals surface area (Å²) in [5.74, 6) is 0. The fourth-order valence-corrected chi connectivity index (χ4v) is 3.89. The van der Waals surface area contributed by atoms with E-state index in [0.717, 1.165) is 0 Å². The molecule has 106 valence electrons. The lowest BCUT2D eigenvalue weighted by Crippen LogP contribution is -2.39. The van der Waals surface area contributed by atoms with Crippen LogP contribution in [0.5, 0.6) is 0 Å². The summed E-state index contributed by atoms with van der Waals surface area (Å²) in [6, 6.07) is 11.4. The van der Waals surface area contributed by atoms with Crippen LogP contribution in [0.1, 0.15) is 44.6 Å². The molecule has 19 heavy (non-hydrogen) atoms. The van der Waals surface area contributed by atoms with Crippen molar-refractivity contribution in [3.8, 4) is 0 Å². The molecular weight excluding hydrogens is 250 g/mol. The number of nitrogens with one attached hydrogen (secondary N) is 1. The highest BCUT2D eigenvalue weighted by Gasteiger charge is 2.32. The third-order valence-electron chi connectivity index (χ3n) is 4.43. The minimum Gasteiger partial charge on any atom is -0.313 e. The Labute approximate surface area is 122 Å². The summed E-state index contributed by atoms with van der Waals surface area (Å²) in [7, 11) is 0. The average Bonchev–Trinajstić information content (AvgIpc) is 2.93. The summed E-state index contributed by atoms with van der Waals surface area (Å²) in [6.07, 6.45) is 10.3. The van der Waals surface area contributed by atoms with Crippen molar-refractivity contribution in [1.29, 1.82) is 0 Å². The predicted octanol–water partition coefficient (Wildman–Crippen LogP) is 4.27. The molecule has 0 saturated heterocycles. The van der Waals surface area contributed by atoms with Crippen molar-refractivity contribution in [3.05, 3.63) is 35.9 Å². The van der Waals surface area contributed by atoms with Crippen LogP contribution in [0.2, 0.25) is 0 Å². The number of hydrogen-bond donors (Lipinski definition) is 1. The first-order chi connectivity index (χ1) is 9.24. The molecule has 1 unspecified atom stereocenters. The molecule has 1 fully saturated rings. The van der Waals surface area contributed by atoms with Crippen LogP contribution in [0.15, 0.2) is 30.3 Å². The van der Waals surface area contributed by atoms with E-state index in [1.165, 1.54) is 50.6 Å². The van der Waals surface area contributed by atoms with Gasteiger partial charge in [-0.05, 0) is 44.4 Å². The number of hydrogen-bond acceptors (Lipinski definition) is 2. The summed E-state index contributed by atoms with van der Waals surface area (Å²) in [4.78, 5) is 0. The highest BCUT2D eigenvalue weighted by atomic mass is 32.2. The minimum atomic E-state index is 0.529. The second kappa shape index (κ2) is 7.35. The van der Waals surface area contributed by atoms with Crippen molar-refractivity contribution >= 4 is 11.8 Å². The van der Waals surface area contributed by atoms with E-state index < -0.39 is 0 Å². The van der Waals surface area contributed by atoms with Crippen molar-refractivity contribution < 1.29 is 0 Å². The molecule has 1 aromatic carbocycles. The molecule has 0 aromatic heterocycles. The Hall–Kier alpha value is -0.470. The van der Waals surface area contributed by atoms with Gasteiger partial charge in [-0.15, -0.1) is 0 Å². The smallest absolute Gasteiger partial charge is 0.0281 e. The molecule has 0 bridgehead atoms. The molecule has 0 heterocycles. The van der Waals surface area contributed by atoms with Crippen LogP contribution in [-0.2, 0) is 6.42 Å². The Morgan fingerprint density at radius 1 is 1.21 bits per heavy atom. The molecule has 1 nitrogen and oxygen atoms in total. The highest BCUT2D eigenvalue weighted by Crippen LogP contribution is 2.39. The Bertz CT molecular complexity index is 357. The molecule has 1 aliphatic rings. The molecule has 1 atom stereocenters. The maximum Gasteiger partial charge on any atom is 0.0281 e. The lowest BCUT2D eigenvalue weighted by Gasteiger charge is -2.29. The van der Waals surface area contributed by atoms with E-state index in [1.807, 2.05) is 0 Å². The maximum absolute atomic E-state index is 3.77. The molecule has 1 N–H and O–H groups in total. The zero-order valence-electron chi connectivity index (χ0n) is 12.3. The zero-order chi connectivity index (χ0) is 13.6. The quantitative estimate of drug-likeness (QED) is 0.798. The number of benzene rings is 1. The second-order valence-corrected chi connectivity index (χ2v) is 7.17. The van der Waals surface area contributed by atoms with E-state index in [4.69, 9.17) is 0 Å². The number of aryl methyl sites for hydroxylation is 1. The van der Waals surface area contributed by atoms with Gasteiger partial charge in [0.1, 0.15) is 0 Å². The van der Waals surface area contributed by atoms with Gasteiger partial charge >= 0.3 is 0 Å². The van der Waals surface area contributed by atoms with Crippen LogP contribution >= 0.6 is 11.8 Å². The van der Waals surface area contributed by atoms with Crippen LogP contribution in [0.4, 0.5) is 0 Å². The summed E-state index contributed by atoms with van der Waals surface area (Å²) in [5, 5.41) is 3.77. The van der Waals surface area contributed by atoms with Crippen LogP contribution in [0.3, 0.4) is 0 Å². The number of thioether (sulfide) groups is 1. The van der Waals surface area contributed by atoms with Crippen molar-refractivity contribution in [2.24, 2.45) is 0 Å². The summed E-state index contributed by atoms with van der Waals surface area (Å²) in [5.41, 5.74) is 1.46. The summed E-state index contributed by atoms with van der Waals surface area (Å²) in [6.45, 7) is 3.51. The van der Waals surface area contributed by atoms with Gasteiger partial charge in [-0.25, -0.2) is 0 Å². The van der Waals surface area contributed by atoms with Gasteiger partial charge < -0.3 is 5.32 Å². The third kappa shape index (κ3) is 4.54. The van der Waals surface area contributed by atoms with Crippen molar-refractivity contribution in [2.75, 3.05) is 12.8 Å². The first-order valence-electron chi connectivity index (χ1n) is 7.57. The van der Waals surface area contributed by atoms with Crippen molar-refractivity contribution in [1.82, 2.24) is 5.32 Å². The summed E-state index contributed by atoms with van der Waals surface area (Å²) >= 11 is 2.07. The van der Waals surface area contributed by atoms with Gasteiger partial charge in [-0.1, -0.05) is 43.2 Å². The molecule has 0 amide bonds. The van der Waals surface area contributed by atoms with Gasteiger partial charge in [0.25, 0.3) is 0 Å². The normalized spacial score (nSPS) is 19.5. The van der Waals surface area contributed by atoms with Crippen LogP contribution in [0, 0.1) is 0 Å². The summed E-state index contributed by atoms with van der Waals surface area (Å²) < 4.78 is 0.529. The minimum absolute atomic E-state index is 0.529. The fourth-order valence-electron chi connectivity index (χ4n) is 2.96. The van der Waals surface area contributed by atoms with Crippen molar-refractivity contribution in [2.45, 2.75) is 56.2 Å². The molecule has 0 radical (unpaired) electrons. The molecular formula is C17H27NS. The number of rotatable bonds is 7. The largest absolute Gasteiger partial charge is 0.313 e. The average molecular weight is 277 g/mol. The van der Waals surface area contributed by atoms with E-state index in [0.29, 0.717) is 10.8 Å². The van der Waals surface area contributed by atoms with E-state index in [9.17, 15) is 0 Å². The molecule has 2 rings (SSSR count). The van der Waals surface area contributed by atoms with E-state index in [1.54, 1.807) is 0 Å². The topological polar surface area (TPSA) is 12.0 Å². The Kier molecular flexibility index (Phi) is 5.77.